The number of ether oxygens (including phenoxy) is 2. The minimum atomic E-state index is 0.330. The maximum Gasteiger partial charge on any atom is 0.231 e. The van der Waals surface area contributed by atoms with Crippen LogP contribution in [0.15, 0.2) is 18.2 Å². The molecule has 104 valence electrons. The molecule has 4 heteroatoms. The van der Waals surface area contributed by atoms with Crippen molar-refractivity contribution in [2.24, 2.45) is 11.7 Å². The maximum absolute atomic E-state index is 5.93. The lowest BCUT2D eigenvalue weighted by atomic mass is 10.0. The van der Waals surface area contributed by atoms with Crippen LogP contribution in [-0.4, -0.2) is 31.3 Å². The maximum atomic E-state index is 5.93. The van der Waals surface area contributed by atoms with E-state index in [4.69, 9.17) is 15.2 Å². The first kappa shape index (κ1) is 12.8. The molecule has 1 heterocycles. The van der Waals surface area contributed by atoms with Gasteiger partial charge in [-0.25, -0.2) is 0 Å². The normalized spacial score (nSPS) is 20.6. The molecule has 0 spiro atoms. The molecule has 3 rings (SSSR count). The van der Waals surface area contributed by atoms with Gasteiger partial charge >= 0.3 is 0 Å². The summed E-state index contributed by atoms with van der Waals surface area (Å²) in [5, 5.41) is 0. The second-order valence-corrected chi connectivity index (χ2v) is 5.59. The van der Waals surface area contributed by atoms with Gasteiger partial charge in [-0.2, -0.15) is 0 Å². The fourth-order valence-corrected chi connectivity index (χ4v) is 2.87. The SMILES string of the molecule is CC(c1ccc2c(c1)OCO2)N(C)C(CN)C1CC1. The summed E-state index contributed by atoms with van der Waals surface area (Å²) in [6.45, 7) is 3.29. The Morgan fingerprint density at radius 3 is 2.74 bits per heavy atom. The molecule has 1 aromatic carbocycles. The molecule has 1 aliphatic heterocycles. The van der Waals surface area contributed by atoms with E-state index in [2.05, 4.69) is 31.0 Å². The average molecular weight is 262 g/mol. The van der Waals surface area contributed by atoms with Crippen LogP contribution in [0.1, 0.15) is 31.4 Å². The first-order chi connectivity index (χ1) is 9.20. The Morgan fingerprint density at radius 2 is 2.05 bits per heavy atom. The third kappa shape index (κ3) is 2.42. The Morgan fingerprint density at radius 1 is 1.32 bits per heavy atom. The molecule has 19 heavy (non-hydrogen) atoms. The molecule has 1 saturated carbocycles. The Kier molecular flexibility index (Phi) is 3.37. The molecule has 1 aromatic rings. The molecule has 0 aromatic heterocycles. The molecular weight excluding hydrogens is 240 g/mol. The lowest BCUT2D eigenvalue weighted by molar-refractivity contribution is 0.168. The van der Waals surface area contributed by atoms with Crippen molar-refractivity contribution in [3.05, 3.63) is 23.8 Å². The zero-order valence-corrected chi connectivity index (χ0v) is 11.6. The van der Waals surface area contributed by atoms with Gasteiger partial charge in [0.15, 0.2) is 11.5 Å². The number of nitrogens with two attached hydrogens (primary N) is 1. The Labute approximate surface area is 114 Å². The molecule has 0 saturated heterocycles. The minimum Gasteiger partial charge on any atom is -0.454 e. The van der Waals surface area contributed by atoms with Gasteiger partial charge in [-0.1, -0.05) is 6.07 Å². The highest BCUT2D eigenvalue weighted by atomic mass is 16.7. The third-order valence-electron chi connectivity index (χ3n) is 4.42. The summed E-state index contributed by atoms with van der Waals surface area (Å²) in [4.78, 5) is 2.40. The highest BCUT2D eigenvalue weighted by molar-refractivity contribution is 5.45. The van der Waals surface area contributed by atoms with E-state index < -0.39 is 0 Å². The monoisotopic (exact) mass is 262 g/mol. The highest BCUT2D eigenvalue weighted by Crippen LogP contribution is 2.39. The largest absolute Gasteiger partial charge is 0.454 e. The molecule has 4 nitrogen and oxygen atoms in total. The van der Waals surface area contributed by atoms with Gasteiger partial charge in [-0.05, 0) is 50.4 Å². The van der Waals surface area contributed by atoms with Gasteiger partial charge in [0, 0.05) is 18.6 Å². The van der Waals surface area contributed by atoms with Gasteiger partial charge in [0.25, 0.3) is 0 Å². The molecule has 1 fully saturated rings. The average Bonchev–Trinajstić information content (AvgIpc) is 3.15. The minimum absolute atomic E-state index is 0.330. The van der Waals surface area contributed by atoms with Crippen molar-refractivity contribution in [2.75, 3.05) is 20.4 Å². The molecule has 0 bridgehead atoms. The van der Waals surface area contributed by atoms with Crippen LogP contribution in [0.5, 0.6) is 11.5 Å². The van der Waals surface area contributed by atoms with Crippen LogP contribution >= 0.6 is 0 Å². The second-order valence-electron chi connectivity index (χ2n) is 5.59. The first-order valence-electron chi connectivity index (χ1n) is 7.02. The zero-order valence-electron chi connectivity index (χ0n) is 11.6. The standard InChI is InChI=1S/C15H22N2O2/c1-10(17(2)13(8-16)11-3-4-11)12-5-6-14-15(7-12)19-9-18-14/h5-7,10-11,13H,3-4,8-9,16H2,1-2H3. The summed E-state index contributed by atoms with van der Waals surface area (Å²) < 4.78 is 10.8. The smallest absolute Gasteiger partial charge is 0.231 e. The number of hydrogen-bond acceptors (Lipinski definition) is 4. The van der Waals surface area contributed by atoms with Crippen LogP contribution < -0.4 is 15.2 Å². The van der Waals surface area contributed by atoms with E-state index in [1.165, 1.54) is 18.4 Å². The second kappa shape index (κ2) is 5.02. The van der Waals surface area contributed by atoms with E-state index in [9.17, 15) is 0 Å². The topological polar surface area (TPSA) is 47.7 Å². The zero-order chi connectivity index (χ0) is 13.4. The van der Waals surface area contributed by atoms with Crippen molar-refractivity contribution in [1.82, 2.24) is 4.90 Å². The summed E-state index contributed by atoms with van der Waals surface area (Å²) in [5.74, 6) is 2.48. The van der Waals surface area contributed by atoms with Gasteiger partial charge in [0.05, 0.1) is 0 Å². The quantitative estimate of drug-likeness (QED) is 0.883. The highest BCUT2D eigenvalue weighted by Gasteiger charge is 2.34. The molecule has 2 unspecified atom stereocenters. The number of rotatable bonds is 5. The van der Waals surface area contributed by atoms with E-state index >= 15 is 0 Å². The number of benzene rings is 1. The Balaban J connectivity index is 1.77. The molecule has 0 radical (unpaired) electrons. The van der Waals surface area contributed by atoms with Gasteiger partial charge in [0.1, 0.15) is 0 Å². The molecule has 2 aliphatic rings. The van der Waals surface area contributed by atoms with Crippen molar-refractivity contribution >= 4 is 0 Å². The predicted octanol–water partition coefficient (Wildman–Crippen LogP) is 2.15. The summed E-state index contributed by atoms with van der Waals surface area (Å²) in [5.41, 5.74) is 7.19. The molecule has 2 N–H and O–H groups in total. The van der Waals surface area contributed by atoms with Crippen molar-refractivity contribution in [2.45, 2.75) is 31.8 Å². The number of nitrogens with zero attached hydrogens (tertiary/aromatic N) is 1. The molecule has 0 amide bonds. The number of hydrogen-bond donors (Lipinski definition) is 1. The van der Waals surface area contributed by atoms with E-state index in [1.54, 1.807) is 0 Å². The molecular formula is C15H22N2O2. The van der Waals surface area contributed by atoms with Crippen LogP contribution in [-0.2, 0) is 0 Å². The Hall–Kier alpha value is -1.26. The number of fused-ring (bicyclic) bond motifs is 1. The van der Waals surface area contributed by atoms with E-state index in [0.717, 1.165) is 24.0 Å². The lowest BCUT2D eigenvalue weighted by Crippen LogP contribution is -2.41. The van der Waals surface area contributed by atoms with Crippen molar-refractivity contribution in [3.8, 4) is 11.5 Å². The number of likely N-dealkylation sites (N-methyl/N-ethyl adjacent to an activating group) is 1. The van der Waals surface area contributed by atoms with Gasteiger partial charge in [-0.3, -0.25) is 4.90 Å². The van der Waals surface area contributed by atoms with Crippen LogP contribution in [0.2, 0.25) is 0 Å². The lowest BCUT2D eigenvalue weighted by Gasteiger charge is -2.33. The Bertz CT molecular complexity index is 459. The van der Waals surface area contributed by atoms with E-state index in [0.29, 0.717) is 18.9 Å². The summed E-state index contributed by atoms with van der Waals surface area (Å²) in [6, 6.07) is 7.03. The summed E-state index contributed by atoms with van der Waals surface area (Å²) in [6.07, 6.45) is 2.64. The van der Waals surface area contributed by atoms with Gasteiger partial charge in [0.2, 0.25) is 6.79 Å². The first-order valence-corrected chi connectivity index (χ1v) is 7.02. The van der Waals surface area contributed by atoms with Crippen LogP contribution in [0, 0.1) is 5.92 Å². The summed E-state index contributed by atoms with van der Waals surface area (Å²) in [7, 11) is 2.17. The third-order valence-corrected chi connectivity index (χ3v) is 4.42. The molecule has 2 atom stereocenters. The van der Waals surface area contributed by atoms with Crippen molar-refractivity contribution < 1.29 is 9.47 Å². The fourth-order valence-electron chi connectivity index (χ4n) is 2.87. The van der Waals surface area contributed by atoms with Gasteiger partial charge < -0.3 is 15.2 Å². The van der Waals surface area contributed by atoms with Gasteiger partial charge in [-0.15, -0.1) is 0 Å². The van der Waals surface area contributed by atoms with Crippen LogP contribution in [0.3, 0.4) is 0 Å². The van der Waals surface area contributed by atoms with Crippen LogP contribution in [0.25, 0.3) is 0 Å². The van der Waals surface area contributed by atoms with Crippen molar-refractivity contribution in [3.63, 3.8) is 0 Å². The fraction of sp³-hybridized carbons (Fsp3) is 0.600. The molecule has 1 aliphatic carbocycles. The summed E-state index contributed by atoms with van der Waals surface area (Å²) >= 11 is 0. The van der Waals surface area contributed by atoms with Crippen molar-refractivity contribution in [1.29, 1.82) is 0 Å². The van der Waals surface area contributed by atoms with E-state index in [1.807, 2.05) is 6.07 Å². The predicted molar refractivity (Wildman–Crippen MR) is 74.3 cm³/mol. The van der Waals surface area contributed by atoms with E-state index in [-0.39, 0.29) is 0 Å². The van der Waals surface area contributed by atoms with Crippen LogP contribution in [0.4, 0.5) is 0 Å².